The van der Waals surface area contributed by atoms with E-state index in [0.717, 1.165) is 5.56 Å². The third kappa shape index (κ3) is 3.08. The van der Waals surface area contributed by atoms with E-state index in [0.29, 0.717) is 28.7 Å². The minimum absolute atomic E-state index is 0.162. The first-order valence-electron chi connectivity index (χ1n) is 7.54. The van der Waals surface area contributed by atoms with Crippen LogP contribution in [-0.2, 0) is 4.79 Å². The van der Waals surface area contributed by atoms with Crippen molar-refractivity contribution >= 4 is 11.6 Å². The highest BCUT2D eigenvalue weighted by Crippen LogP contribution is 2.34. The number of ether oxygens (including phenoxy) is 4. The number of aryl methyl sites for hydroxylation is 1. The smallest absolute Gasteiger partial charge is 0.269 e. The third-order valence-corrected chi connectivity index (χ3v) is 3.79. The van der Waals surface area contributed by atoms with Crippen molar-refractivity contribution in [1.82, 2.24) is 0 Å². The molecule has 0 radical (unpaired) electrons. The minimum atomic E-state index is -0.715. The van der Waals surface area contributed by atoms with Crippen molar-refractivity contribution in [2.45, 2.75) is 13.0 Å². The van der Waals surface area contributed by atoms with Gasteiger partial charge in [-0.15, -0.1) is 0 Å². The monoisotopic (exact) mass is 329 g/mol. The van der Waals surface area contributed by atoms with E-state index in [-0.39, 0.29) is 12.5 Å². The van der Waals surface area contributed by atoms with Gasteiger partial charge < -0.3 is 24.3 Å². The van der Waals surface area contributed by atoms with Crippen LogP contribution in [0, 0.1) is 6.92 Å². The van der Waals surface area contributed by atoms with Crippen LogP contribution >= 0.6 is 0 Å². The lowest BCUT2D eigenvalue weighted by Gasteiger charge is -2.26. The molecule has 1 aliphatic heterocycles. The van der Waals surface area contributed by atoms with Crippen LogP contribution in [-0.4, -0.2) is 32.8 Å². The van der Waals surface area contributed by atoms with Gasteiger partial charge in [-0.1, -0.05) is 12.1 Å². The number of rotatable bonds is 4. The summed E-state index contributed by atoms with van der Waals surface area (Å²) in [4.78, 5) is 12.5. The summed E-state index contributed by atoms with van der Waals surface area (Å²) in [5.41, 5.74) is 1.50. The Bertz CT molecular complexity index is 759. The Morgan fingerprint density at radius 2 is 1.79 bits per heavy atom. The molecular formula is C18H19NO5. The van der Waals surface area contributed by atoms with E-state index < -0.39 is 6.10 Å². The number of amides is 1. The van der Waals surface area contributed by atoms with Crippen molar-refractivity contribution in [2.24, 2.45) is 0 Å². The normalized spacial score (nSPS) is 15.5. The third-order valence-electron chi connectivity index (χ3n) is 3.79. The van der Waals surface area contributed by atoms with E-state index in [1.807, 2.05) is 31.2 Å². The van der Waals surface area contributed by atoms with Crippen LogP contribution in [0.5, 0.6) is 23.0 Å². The van der Waals surface area contributed by atoms with Gasteiger partial charge >= 0.3 is 0 Å². The highest BCUT2D eigenvalue weighted by molar-refractivity contribution is 5.95. The predicted octanol–water partition coefficient (Wildman–Crippen LogP) is 2.79. The fraction of sp³-hybridized carbons (Fsp3) is 0.278. The summed E-state index contributed by atoms with van der Waals surface area (Å²) in [6, 6.07) is 10.8. The number of nitrogens with one attached hydrogen (secondary N) is 1. The van der Waals surface area contributed by atoms with E-state index >= 15 is 0 Å². The maximum atomic E-state index is 12.5. The molecule has 1 amide bonds. The molecule has 6 heteroatoms. The largest absolute Gasteiger partial charge is 0.493 e. The Morgan fingerprint density at radius 1 is 1.12 bits per heavy atom. The van der Waals surface area contributed by atoms with Crippen LogP contribution in [0.3, 0.4) is 0 Å². The second-order valence-electron chi connectivity index (χ2n) is 5.38. The number of carbonyl (C=O) groups excluding carboxylic acids is 1. The standard InChI is InChI=1S/C18H19NO5/c1-11-8-15(21-2)16(22-3)9-12(11)19-18(20)17-10-23-13-6-4-5-7-14(13)24-17/h4-9,17H,10H2,1-3H3,(H,19,20)/t17-/m1/s1. The number of fused-ring (bicyclic) bond motifs is 1. The number of benzene rings is 2. The minimum Gasteiger partial charge on any atom is -0.493 e. The van der Waals surface area contributed by atoms with Crippen molar-refractivity contribution in [3.05, 3.63) is 42.0 Å². The zero-order valence-corrected chi connectivity index (χ0v) is 13.8. The molecule has 126 valence electrons. The number of hydrogen-bond donors (Lipinski definition) is 1. The number of hydrogen-bond acceptors (Lipinski definition) is 5. The van der Waals surface area contributed by atoms with Crippen molar-refractivity contribution < 1.29 is 23.7 Å². The molecule has 24 heavy (non-hydrogen) atoms. The Kier molecular flexibility index (Phi) is 4.46. The average Bonchev–Trinajstić information content (AvgIpc) is 2.62. The Labute approximate surface area is 140 Å². The van der Waals surface area contributed by atoms with E-state index in [9.17, 15) is 4.79 Å². The van der Waals surface area contributed by atoms with Gasteiger partial charge in [0.15, 0.2) is 23.0 Å². The van der Waals surface area contributed by atoms with Crippen LogP contribution in [0.4, 0.5) is 5.69 Å². The van der Waals surface area contributed by atoms with E-state index in [1.165, 1.54) is 0 Å². The van der Waals surface area contributed by atoms with Crippen LogP contribution < -0.4 is 24.3 Å². The topological polar surface area (TPSA) is 66.0 Å². The molecule has 0 aromatic heterocycles. The van der Waals surface area contributed by atoms with E-state index in [4.69, 9.17) is 18.9 Å². The maximum Gasteiger partial charge on any atom is 0.269 e. The summed E-state index contributed by atoms with van der Waals surface area (Å²) < 4.78 is 21.8. The molecule has 1 heterocycles. The van der Waals surface area contributed by atoms with Crippen LogP contribution in [0.15, 0.2) is 36.4 Å². The molecule has 1 aliphatic rings. The first kappa shape index (κ1) is 16.0. The van der Waals surface area contributed by atoms with Gasteiger partial charge in [0.25, 0.3) is 5.91 Å². The summed E-state index contributed by atoms with van der Waals surface area (Å²) in [5, 5.41) is 2.86. The number of anilines is 1. The van der Waals surface area contributed by atoms with Gasteiger partial charge in [0.1, 0.15) is 6.61 Å². The second-order valence-corrected chi connectivity index (χ2v) is 5.38. The lowest BCUT2D eigenvalue weighted by molar-refractivity contribution is -0.125. The van der Waals surface area contributed by atoms with Crippen LogP contribution in [0.1, 0.15) is 5.56 Å². The molecule has 6 nitrogen and oxygen atoms in total. The van der Waals surface area contributed by atoms with E-state index in [2.05, 4.69) is 5.32 Å². The fourth-order valence-electron chi connectivity index (χ4n) is 2.48. The number of methoxy groups -OCH3 is 2. The Balaban J connectivity index is 1.76. The molecule has 0 unspecified atom stereocenters. The zero-order chi connectivity index (χ0) is 17.1. The first-order valence-corrected chi connectivity index (χ1v) is 7.54. The zero-order valence-electron chi connectivity index (χ0n) is 13.8. The first-order chi connectivity index (χ1) is 11.6. The SMILES string of the molecule is COc1cc(C)c(NC(=O)[C@H]2COc3ccccc3O2)cc1OC. The van der Waals surface area contributed by atoms with Crippen molar-refractivity contribution in [2.75, 3.05) is 26.1 Å². The summed E-state index contributed by atoms with van der Waals surface area (Å²) >= 11 is 0. The molecule has 0 saturated carbocycles. The van der Waals surface area contributed by atoms with Crippen LogP contribution in [0.2, 0.25) is 0 Å². The van der Waals surface area contributed by atoms with Crippen molar-refractivity contribution in [3.8, 4) is 23.0 Å². The van der Waals surface area contributed by atoms with Gasteiger partial charge in [0.2, 0.25) is 6.10 Å². The Morgan fingerprint density at radius 3 is 2.50 bits per heavy atom. The number of carbonyl (C=O) groups is 1. The summed E-state index contributed by atoms with van der Waals surface area (Å²) in [6.07, 6.45) is -0.715. The molecule has 0 spiro atoms. The van der Waals surface area contributed by atoms with Gasteiger partial charge in [-0.05, 0) is 30.7 Å². The van der Waals surface area contributed by atoms with Crippen LogP contribution in [0.25, 0.3) is 0 Å². The highest BCUT2D eigenvalue weighted by atomic mass is 16.6. The molecule has 1 N–H and O–H groups in total. The maximum absolute atomic E-state index is 12.5. The number of para-hydroxylation sites is 2. The summed E-state index contributed by atoms with van der Waals surface area (Å²) in [7, 11) is 3.12. The highest BCUT2D eigenvalue weighted by Gasteiger charge is 2.27. The molecule has 0 fully saturated rings. The van der Waals surface area contributed by atoms with Gasteiger partial charge in [-0.2, -0.15) is 0 Å². The summed E-state index contributed by atoms with van der Waals surface area (Å²) in [6.45, 7) is 2.04. The van der Waals surface area contributed by atoms with Gasteiger partial charge in [-0.25, -0.2) is 0 Å². The van der Waals surface area contributed by atoms with Gasteiger partial charge in [0.05, 0.1) is 14.2 Å². The molecule has 0 aliphatic carbocycles. The molecule has 3 rings (SSSR count). The fourth-order valence-corrected chi connectivity index (χ4v) is 2.48. The molecule has 1 atom stereocenters. The molecule has 2 aromatic carbocycles. The quantitative estimate of drug-likeness (QED) is 0.934. The van der Waals surface area contributed by atoms with Gasteiger partial charge in [-0.3, -0.25) is 4.79 Å². The average molecular weight is 329 g/mol. The second kappa shape index (κ2) is 6.70. The van der Waals surface area contributed by atoms with Gasteiger partial charge in [0, 0.05) is 11.8 Å². The summed E-state index contributed by atoms with van der Waals surface area (Å²) in [5.74, 6) is 2.08. The molecule has 0 saturated heterocycles. The molecule has 0 bridgehead atoms. The lowest BCUT2D eigenvalue weighted by Crippen LogP contribution is -2.40. The van der Waals surface area contributed by atoms with Crippen molar-refractivity contribution in [1.29, 1.82) is 0 Å². The van der Waals surface area contributed by atoms with E-state index in [1.54, 1.807) is 26.4 Å². The molecular weight excluding hydrogens is 310 g/mol. The van der Waals surface area contributed by atoms with Crippen molar-refractivity contribution in [3.63, 3.8) is 0 Å². The Hall–Kier alpha value is -2.89. The predicted molar refractivity (Wildman–Crippen MR) is 89.3 cm³/mol. The molecule has 2 aromatic rings. The lowest BCUT2D eigenvalue weighted by atomic mass is 10.1.